The van der Waals surface area contributed by atoms with E-state index < -0.39 is 0 Å². The highest BCUT2D eigenvalue weighted by Crippen LogP contribution is 2.25. The zero-order chi connectivity index (χ0) is 15.1. The van der Waals surface area contributed by atoms with Gasteiger partial charge in [-0.05, 0) is 30.9 Å². The van der Waals surface area contributed by atoms with E-state index >= 15 is 0 Å². The van der Waals surface area contributed by atoms with Crippen molar-refractivity contribution in [1.29, 1.82) is 0 Å². The summed E-state index contributed by atoms with van der Waals surface area (Å²) < 4.78 is 0. The molecule has 0 heterocycles. The Bertz CT molecular complexity index is 382. The Labute approximate surface area is 130 Å². The van der Waals surface area contributed by atoms with Crippen LogP contribution in [-0.2, 0) is 0 Å². The summed E-state index contributed by atoms with van der Waals surface area (Å²) in [7, 11) is 0. The van der Waals surface area contributed by atoms with Gasteiger partial charge in [-0.1, -0.05) is 63.9 Å². The van der Waals surface area contributed by atoms with Gasteiger partial charge in [-0.15, -0.1) is 0 Å². The molecule has 1 atom stereocenters. The molecule has 0 amide bonds. The highest BCUT2D eigenvalue weighted by atomic mass is 15.2. The number of hydrogen-bond donors (Lipinski definition) is 1. The van der Waals surface area contributed by atoms with E-state index in [2.05, 4.69) is 61.3 Å². The van der Waals surface area contributed by atoms with Crippen molar-refractivity contribution in [2.75, 3.05) is 19.6 Å². The second-order valence-corrected chi connectivity index (χ2v) is 6.38. The molecule has 1 unspecified atom stereocenters. The fraction of sp³-hybridized carbons (Fsp3) is 0.684. The highest BCUT2D eigenvalue weighted by Gasteiger charge is 2.25. The van der Waals surface area contributed by atoms with Gasteiger partial charge >= 0.3 is 0 Å². The maximum atomic E-state index is 3.74. The molecule has 1 aromatic carbocycles. The van der Waals surface area contributed by atoms with Crippen LogP contribution in [0.3, 0.4) is 0 Å². The average molecular weight is 288 g/mol. The molecule has 0 radical (unpaired) electrons. The van der Waals surface area contributed by atoms with Gasteiger partial charge in [0.15, 0.2) is 0 Å². The smallest absolute Gasteiger partial charge is 0.0472 e. The topological polar surface area (TPSA) is 15.3 Å². The molecule has 2 rings (SSSR count). The van der Waals surface area contributed by atoms with Crippen LogP contribution in [0.15, 0.2) is 30.3 Å². The van der Waals surface area contributed by atoms with E-state index in [1.165, 1.54) is 37.8 Å². The van der Waals surface area contributed by atoms with Crippen LogP contribution in [0.1, 0.15) is 58.1 Å². The lowest BCUT2D eigenvalue weighted by Gasteiger charge is -2.34. The quantitative estimate of drug-likeness (QED) is 0.693. The van der Waals surface area contributed by atoms with E-state index in [4.69, 9.17) is 0 Å². The lowest BCUT2D eigenvalue weighted by molar-refractivity contribution is 0.167. The van der Waals surface area contributed by atoms with E-state index in [1.807, 2.05) is 0 Å². The van der Waals surface area contributed by atoms with Gasteiger partial charge in [-0.3, -0.25) is 4.90 Å². The third kappa shape index (κ3) is 5.12. The van der Waals surface area contributed by atoms with Crippen LogP contribution in [0.2, 0.25) is 0 Å². The lowest BCUT2D eigenvalue weighted by Crippen LogP contribution is -2.39. The molecule has 1 saturated carbocycles. The second-order valence-electron chi connectivity index (χ2n) is 6.38. The SMILES string of the molecule is CCC(CC)CN(CC)C(CNC1CC1)c1ccccc1. The van der Waals surface area contributed by atoms with E-state index in [9.17, 15) is 0 Å². The predicted octanol–water partition coefficient (Wildman–Crippen LogP) is 4.24. The molecule has 21 heavy (non-hydrogen) atoms. The molecule has 1 aromatic rings. The molecule has 1 fully saturated rings. The van der Waals surface area contributed by atoms with E-state index in [0.717, 1.165) is 25.0 Å². The third-order valence-corrected chi connectivity index (χ3v) is 4.86. The summed E-state index contributed by atoms with van der Waals surface area (Å²) in [6, 6.07) is 12.3. The first-order valence-corrected chi connectivity index (χ1v) is 8.80. The summed E-state index contributed by atoms with van der Waals surface area (Å²) in [6.45, 7) is 10.4. The summed E-state index contributed by atoms with van der Waals surface area (Å²) in [5, 5.41) is 3.74. The minimum absolute atomic E-state index is 0.511. The van der Waals surface area contributed by atoms with Crippen LogP contribution < -0.4 is 5.32 Å². The molecule has 1 N–H and O–H groups in total. The Morgan fingerprint density at radius 1 is 1.10 bits per heavy atom. The molecule has 0 spiro atoms. The second kappa shape index (κ2) is 8.55. The molecule has 118 valence electrons. The molecule has 2 nitrogen and oxygen atoms in total. The molecule has 0 aromatic heterocycles. The predicted molar refractivity (Wildman–Crippen MR) is 91.5 cm³/mol. The zero-order valence-corrected chi connectivity index (χ0v) is 14.0. The summed E-state index contributed by atoms with van der Waals surface area (Å²) >= 11 is 0. The molecule has 1 aliphatic rings. The zero-order valence-electron chi connectivity index (χ0n) is 14.0. The Kier molecular flexibility index (Phi) is 6.72. The summed E-state index contributed by atoms with van der Waals surface area (Å²) in [6.07, 6.45) is 5.29. The Hall–Kier alpha value is -0.860. The van der Waals surface area contributed by atoms with Crippen molar-refractivity contribution in [2.24, 2.45) is 5.92 Å². The van der Waals surface area contributed by atoms with Crippen molar-refractivity contribution in [2.45, 2.75) is 58.5 Å². The summed E-state index contributed by atoms with van der Waals surface area (Å²) in [5.41, 5.74) is 1.46. The van der Waals surface area contributed by atoms with Gasteiger partial charge in [0.05, 0.1) is 0 Å². The van der Waals surface area contributed by atoms with Gasteiger partial charge in [0.2, 0.25) is 0 Å². The van der Waals surface area contributed by atoms with Gasteiger partial charge in [0, 0.05) is 25.2 Å². The van der Waals surface area contributed by atoms with E-state index in [0.29, 0.717) is 6.04 Å². The van der Waals surface area contributed by atoms with Crippen molar-refractivity contribution >= 4 is 0 Å². The van der Waals surface area contributed by atoms with Crippen LogP contribution in [0.25, 0.3) is 0 Å². The van der Waals surface area contributed by atoms with Crippen molar-refractivity contribution in [1.82, 2.24) is 10.2 Å². The number of hydrogen-bond acceptors (Lipinski definition) is 2. The lowest BCUT2D eigenvalue weighted by atomic mass is 9.99. The van der Waals surface area contributed by atoms with Crippen molar-refractivity contribution in [3.05, 3.63) is 35.9 Å². The van der Waals surface area contributed by atoms with E-state index in [1.54, 1.807) is 0 Å². The Morgan fingerprint density at radius 3 is 2.29 bits per heavy atom. The first kappa shape index (κ1) is 16.5. The normalized spacial score (nSPS) is 16.6. The van der Waals surface area contributed by atoms with Crippen molar-refractivity contribution in [3.8, 4) is 0 Å². The minimum atomic E-state index is 0.511. The number of nitrogens with zero attached hydrogens (tertiary/aromatic N) is 1. The maximum absolute atomic E-state index is 3.74. The van der Waals surface area contributed by atoms with Gasteiger partial charge in [0.1, 0.15) is 0 Å². The van der Waals surface area contributed by atoms with Crippen LogP contribution >= 0.6 is 0 Å². The minimum Gasteiger partial charge on any atom is -0.312 e. The number of benzene rings is 1. The van der Waals surface area contributed by atoms with E-state index in [-0.39, 0.29) is 0 Å². The monoisotopic (exact) mass is 288 g/mol. The summed E-state index contributed by atoms with van der Waals surface area (Å²) in [5.74, 6) is 0.817. The first-order valence-electron chi connectivity index (χ1n) is 8.80. The van der Waals surface area contributed by atoms with Crippen molar-refractivity contribution in [3.63, 3.8) is 0 Å². The Morgan fingerprint density at radius 2 is 1.76 bits per heavy atom. The van der Waals surface area contributed by atoms with Crippen LogP contribution in [-0.4, -0.2) is 30.6 Å². The third-order valence-electron chi connectivity index (χ3n) is 4.86. The molecule has 2 heteroatoms. The van der Waals surface area contributed by atoms with Gasteiger partial charge in [0.25, 0.3) is 0 Å². The molecular formula is C19H32N2. The molecule has 1 aliphatic carbocycles. The summed E-state index contributed by atoms with van der Waals surface area (Å²) in [4.78, 5) is 2.67. The average Bonchev–Trinajstić information content (AvgIpc) is 3.36. The number of likely N-dealkylation sites (N-methyl/N-ethyl adjacent to an activating group) is 1. The maximum Gasteiger partial charge on any atom is 0.0472 e. The van der Waals surface area contributed by atoms with Crippen molar-refractivity contribution < 1.29 is 0 Å². The Balaban J connectivity index is 2.06. The molecular weight excluding hydrogens is 256 g/mol. The fourth-order valence-electron chi connectivity index (χ4n) is 3.05. The fourth-order valence-corrected chi connectivity index (χ4v) is 3.05. The molecule has 0 aliphatic heterocycles. The number of nitrogens with one attached hydrogen (secondary N) is 1. The van der Waals surface area contributed by atoms with Crippen LogP contribution in [0.4, 0.5) is 0 Å². The molecule has 0 bridgehead atoms. The highest BCUT2D eigenvalue weighted by molar-refractivity contribution is 5.19. The van der Waals surface area contributed by atoms with Crippen LogP contribution in [0, 0.1) is 5.92 Å². The largest absolute Gasteiger partial charge is 0.312 e. The van der Waals surface area contributed by atoms with Gasteiger partial charge in [-0.2, -0.15) is 0 Å². The first-order chi connectivity index (χ1) is 10.3. The van der Waals surface area contributed by atoms with Gasteiger partial charge < -0.3 is 5.32 Å². The van der Waals surface area contributed by atoms with Crippen LogP contribution in [0.5, 0.6) is 0 Å². The van der Waals surface area contributed by atoms with Gasteiger partial charge in [-0.25, -0.2) is 0 Å². The standard InChI is InChI=1S/C19H32N2/c1-4-16(5-2)15-21(6-3)19(14-20-18-12-13-18)17-10-8-7-9-11-17/h7-11,16,18-20H,4-6,12-15H2,1-3H3. The number of rotatable bonds is 10. The molecule has 0 saturated heterocycles.